The van der Waals surface area contributed by atoms with E-state index in [0.29, 0.717) is 18.8 Å². The van der Waals surface area contributed by atoms with E-state index in [1.165, 1.54) is 0 Å². The standard InChI is InChI=1S/C17H26N2O2/c1-13(2)12-19-10-8-17(9-11-19,16(20)21)18-15-7-5-4-6-14(15)3/h4-7,13,18H,8-12H2,1-3H3,(H,20,21). The van der Waals surface area contributed by atoms with Gasteiger partial charge in [-0.3, -0.25) is 0 Å². The van der Waals surface area contributed by atoms with Crippen molar-refractivity contribution < 1.29 is 9.90 Å². The van der Waals surface area contributed by atoms with Crippen molar-refractivity contribution in [2.45, 2.75) is 39.2 Å². The lowest BCUT2D eigenvalue weighted by molar-refractivity contribution is -0.144. The number of carbonyl (C=O) groups is 1. The van der Waals surface area contributed by atoms with E-state index in [9.17, 15) is 9.90 Å². The Morgan fingerprint density at radius 3 is 2.48 bits per heavy atom. The second-order valence-electron chi connectivity index (χ2n) is 6.52. The Bertz CT molecular complexity index is 491. The van der Waals surface area contributed by atoms with Gasteiger partial charge in [-0.05, 0) is 37.3 Å². The molecule has 1 fully saturated rings. The minimum absolute atomic E-state index is 0.617. The van der Waals surface area contributed by atoms with Crippen molar-refractivity contribution >= 4 is 11.7 Å². The molecule has 116 valence electrons. The van der Waals surface area contributed by atoms with E-state index >= 15 is 0 Å². The van der Waals surface area contributed by atoms with E-state index in [-0.39, 0.29) is 0 Å². The highest BCUT2D eigenvalue weighted by Crippen LogP contribution is 2.29. The Morgan fingerprint density at radius 1 is 1.33 bits per heavy atom. The lowest BCUT2D eigenvalue weighted by atomic mass is 9.86. The van der Waals surface area contributed by atoms with E-state index in [2.05, 4.69) is 24.1 Å². The molecule has 1 heterocycles. The van der Waals surface area contributed by atoms with Crippen LogP contribution in [0.1, 0.15) is 32.3 Å². The number of hydrogen-bond acceptors (Lipinski definition) is 3. The maximum Gasteiger partial charge on any atom is 0.329 e. The molecular weight excluding hydrogens is 264 g/mol. The van der Waals surface area contributed by atoms with E-state index in [1.807, 2.05) is 31.2 Å². The van der Waals surface area contributed by atoms with Crippen LogP contribution in [0.4, 0.5) is 5.69 Å². The molecular formula is C17H26N2O2. The number of piperidine rings is 1. The van der Waals surface area contributed by atoms with Crippen LogP contribution in [-0.2, 0) is 4.79 Å². The number of benzene rings is 1. The van der Waals surface area contributed by atoms with E-state index in [4.69, 9.17) is 0 Å². The van der Waals surface area contributed by atoms with Gasteiger partial charge in [-0.15, -0.1) is 0 Å². The van der Waals surface area contributed by atoms with Gasteiger partial charge >= 0.3 is 5.97 Å². The van der Waals surface area contributed by atoms with Gasteiger partial charge in [0.05, 0.1) is 0 Å². The number of carboxylic acids is 1. The van der Waals surface area contributed by atoms with E-state index in [1.54, 1.807) is 0 Å². The van der Waals surface area contributed by atoms with Crippen molar-refractivity contribution in [1.82, 2.24) is 4.90 Å². The normalized spacial score (nSPS) is 18.7. The summed E-state index contributed by atoms with van der Waals surface area (Å²) >= 11 is 0. The first kappa shape index (κ1) is 15.8. The van der Waals surface area contributed by atoms with Crippen molar-refractivity contribution in [3.8, 4) is 0 Å². The summed E-state index contributed by atoms with van der Waals surface area (Å²) in [7, 11) is 0. The quantitative estimate of drug-likeness (QED) is 0.875. The number of aliphatic carboxylic acids is 1. The number of anilines is 1. The molecule has 1 aromatic carbocycles. The Morgan fingerprint density at radius 2 is 1.95 bits per heavy atom. The van der Waals surface area contributed by atoms with E-state index in [0.717, 1.165) is 30.9 Å². The monoisotopic (exact) mass is 290 g/mol. The lowest BCUT2D eigenvalue weighted by Gasteiger charge is -2.40. The number of carboxylic acid groups (broad SMARTS) is 1. The first-order valence-corrected chi connectivity index (χ1v) is 7.72. The fourth-order valence-corrected chi connectivity index (χ4v) is 3.00. The van der Waals surface area contributed by atoms with Crippen LogP contribution >= 0.6 is 0 Å². The summed E-state index contributed by atoms with van der Waals surface area (Å²) in [6, 6.07) is 7.88. The molecule has 0 atom stereocenters. The van der Waals surface area contributed by atoms with Gasteiger partial charge in [0.1, 0.15) is 5.54 Å². The Hall–Kier alpha value is -1.55. The number of hydrogen-bond donors (Lipinski definition) is 2. The number of aryl methyl sites for hydroxylation is 1. The van der Waals surface area contributed by atoms with Crippen LogP contribution in [0.25, 0.3) is 0 Å². The maximum atomic E-state index is 11.8. The predicted octanol–water partition coefficient (Wildman–Crippen LogP) is 2.98. The molecule has 1 aromatic rings. The third kappa shape index (κ3) is 3.76. The molecule has 1 aliphatic heterocycles. The maximum absolute atomic E-state index is 11.8. The summed E-state index contributed by atoms with van der Waals surface area (Å²) in [5, 5.41) is 13.0. The number of rotatable bonds is 5. The van der Waals surface area contributed by atoms with Crippen LogP contribution < -0.4 is 5.32 Å². The smallest absolute Gasteiger partial charge is 0.329 e. The van der Waals surface area contributed by atoms with Gasteiger partial charge in [-0.25, -0.2) is 4.79 Å². The second-order valence-corrected chi connectivity index (χ2v) is 6.52. The summed E-state index contributed by atoms with van der Waals surface area (Å²) in [6.07, 6.45) is 1.28. The van der Waals surface area contributed by atoms with Gasteiger partial charge in [-0.2, -0.15) is 0 Å². The molecule has 0 radical (unpaired) electrons. The van der Waals surface area contributed by atoms with Crippen molar-refractivity contribution in [1.29, 1.82) is 0 Å². The minimum atomic E-state index is -0.834. The highest BCUT2D eigenvalue weighted by Gasteiger charge is 2.41. The lowest BCUT2D eigenvalue weighted by Crippen LogP contribution is -2.54. The third-order valence-electron chi connectivity index (χ3n) is 4.26. The summed E-state index contributed by atoms with van der Waals surface area (Å²) < 4.78 is 0. The SMILES string of the molecule is Cc1ccccc1NC1(C(=O)O)CCN(CC(C)C)CC1. The number of para-hydroxylation sites is 1. The largest absolute Gasteiger partial charge is 0.480 e. The fourth-order valence-electron chi connectivity index (χ4n) is 3.00. The third-order valence-corrected chi connectivity index (χ3v) is 4.26. The fraction of sp³-hybridized carbons (Fsp3) is 0.588. The van der Waals surface area contributed by atoms with Crippen LogP contribution in [-0.4, -0.2) is 41.1 Å². The zero-order valence-electron chi connectivity index (χ0n) is 13.2. The minimum Gasteiger partial charge on any atom is -0.480 e. The number of nitrogens with one attached hydrogen (secondary N) is 1. The summed E-state index contributed by atoms with van der Waals surface area (Å²) in [5.74, 6) is -0.124. The van der Waals surface area contributed by atoms with Crippen molar-refractivity contribution in [3.63, 3.8) is 0 Å². The summed E-state index contributed by atoms with van der Waals surface area (Å²) in [5.41, 5.74) is 1.18. The molecule has 4 heteroatoms. The zero-order chi connectivity index (χ0) is 15.5. The molecule has 0 saturated carbocycles. The highest BCUT2D eigenvalue weighted by atomic mass is 16.4. The van der Waals surface area contributed by atoms with Crippen molar-refractivity contribution in [2.75, 3.05) is 25.0 Å². The molecule has 0 aliphatic carbocycles. The van der Waals surface area contributed by atoms with Crippen LogP contribution in [0.15, 0.2) is 24.3 Å². The van der Waals surface area contributed by atoms with Gasteiger partial charge in [0, 0.05) is 25.3 Å². The predicted molar refractivity (Wildman–Crippen MR) is 85.7 cm³/mol. The topological polar surface area (TPSA) is 52.6 Å². The van der Waals surface area contributed by atoms with Crippen LogP contribution in [0, 0.1) is 12.8 Å². The number of likely N-dealkylation sites (tertiary alicyclic amines) is 1. The Balaban J connectivity index is 2.10. The van der Waals surface area contributed by atoms with Gasteiger partial charge in [0.15, 0.2) is 0 Å². The average molecular weight is 290 g/mol. The van der Waals surface area contributed by atoms with Gasteiger partial charge in [0.25, 0.3) is 0 Å². The van der Waals surface area contributed by atoms with Gasteiger partial charge in [0.2, 0.25) is 0 Å². The molecule has 0 unspecified atom stereocenters. The molecule has 0 aromatic heterocycles. The van der Waals surface area contributed by atoms with Gasteiger partial charge < -0.3 is 15.3 Å². The first-order chi connectivity index (χ1) is 9.93. The molecule has 0 bridgehead atoms. The Kier molecular flexibility index (Phi) is 4.88. The van der Waals surface area contributed by atoms with Crippen LogP contribution in [0.3, 0.4) is 0 Å². The average Bonchev–Trinajstić information content (AvgIpc) is 2.43. The first-order valence-electron chi connectivity index (χ1n) is 7.72. The van der Waals surface area contributed by atoms with Crippen LogP contribution in [0.2, 0.25) is 0 Å². The molecule has 2 N–H and O–H groups in total. The molecule has 1 aliphatic rings. The van der Waals surface area contributed by atoms with Crippen molar-refractivity contribution in [2.24, 2.45) is 5.92 Å². The Labute approximate surface area is 127 Å². The molecule has 21 heavy (non-hydrogen) atoms. The molecule has 0 amide bonds. The highest BCUT2D eigenvalue weighted by molar-refractivity contribution is 5.83. The molecule has 4 nitrogen and oxygen atoms in total. The second kappa shape index (κ2) is 6.48. The van der Waals surface area contributed by atoms with Crippen LogP contribution in [0.5, 0.6) is 0 Å². The number of nitrogens with zero attached hydrogens (tertiary/aromatic N) is 1. The molecule has 2 rings (SSSR count). The van der Waals surface area contributed by atoms with Crippen molar-refractivity contribution in [3.05, 3.63) is 29.8 Å². The van der Waals surface area contributed by atoms with Gasteiger partial charge in [-0.1, -0.05) is 32.0 Å². The summed E-state index contributed by atoms with van der Waals surface area (Å²) in [6.45, 7) is 9.12. The zero-order valence-corrected chi connectivity index (χ0v) is 13.2. The summed E-state index contributed by atoms with van der Waals surface area (Å²) in [4.78, 5) is 14.2. The molecule has 0 spiro atoms. The van der Waals surface area contributed by atoms with E-state index < -0.39 is 11.5 Å². The molecule has 1 saturated heterocycles.